The van der Waals surface area contributed by atoms with Crippen LogP contribution in [0.2, 0.25) is 0 Å². The first-order valence-corrected chi connectivity index (χ1v) is 4.89. The van der Waals surface area contributed by atoms with Gasteiger partial charge < -0.3 is 9.22 Å². The summed E-state index contributed by atoms with van der Waals surface area (Å²) in [6.45, 7) is 4.79. The van der Waals surface area contributed by atoms with Crippen molar-refractivity contribution in [1.82, 2.24) is 0 Å². The van der Waals surface area contributed by atoms with E-state index in [4.69, 9.17) is 4.74 Å². The van der Waals surface area contributed by atoms with Gasteiger partial charge >= 0.3 is 0 Å². The standard InChI is InChI=1S/C10H23FNO/c1-6-10(8-11,13-7-2)9-12(3,4)5/h6-9H2,1-5H3/q+1. The van der Waals surface area contributed by atoms with Crippen LogP contribution in [0.3, 0.4) is 0 Å². The number of nitrogens with zero attached hydrogens (tertiary/aromatic N) is 1. The van der Waals surface area contributed by atoms with Gasteiger partial charge in [-0.15, -0.1) is 0 Å². The molecular formula is C10H23FNO+. The van der Waals surface area contributed by atoms with Crippen molar-refractivity contribution in [1.29, 1.82) is 0 Å². The first-order valence-electron chi connectivity index (χ1n) is 4.89. The van der Waals surface area contributed by atoms with Crippen LogP contribution in [0.15, 0.2) is 0 Å². The molecule has 0 rings (SSSR count). The summed E-state index contributed by atoms with van der Waals surface area (Å²) < 4.78 is 19.1. The van der Waals surface area contributed by atoms with Gasteiger partial charge in [-0.1, -0.05) is 6.92 Å². The van der Waals surface area contributed by atoms with E-state index < -0.39 is 12.3 Å². The third-order valence-electron chi connectivity index (χ3n) is 2.10. The van der Waals surface area contributed by atoms with Crippen molar-refractivity contribution >= 4 is 0 Å². The van der Waals surface area contributed by atoms with Gasteiger partial charge in [0.2, 0.25) is 0 Å². The van der Waals surface area contributed by atoms with Gasteiger partial charge in [0.25, 0.3) is 0 Å². The van der Waals surface area contributed by atoms with Crippen molar-refractivity contribution in [3.05, 3.63) is 0 Å². The number of halogens is 1. The molecule has 0 aliphatic carbocycles. The van der Waals surface area contributed by atoms with E-state index in [1.165, 1.54) is 0 Å². The van der Waals surface area contributed by atoms with Crippen LogP contribution >= 0.6 is 0 Å². The van der Waals surface area contributed by atoms with Crippen molar-refractivity contribution in [3.63, 3.8) is 0 Å². The normalized spacial score (nSPS) is 17.1. The minimum Gasteiger partial charge on any atom is -0.367 e. The molecule has 13 heavy (non-hydrogen) atoms. The molecule has 0 saturated carbocycles. The van der Waals surface area contributed by atoms with Gasteiger partial charge in [0.15, 0.2) is 0 Å². The average Bonchev–Trinajstić information content (AvgIpc) is 2.01. The monoisotopic (exact) mass is 192 g/mol. The Balaban J connectivity index is 4.38. The quantitative estimate of drug-likeness (QED) is 0.584. The summed E-state index contributed by atoms with van der Waals surface area (Å²) in [7, 11) is 6.16. The highest BCUT2D eigenvalue weighted by atomic mass is 19.1. The van der Waals surface area contributed by atoms with Gasteiger partial charge in [-0.3, -0.25) is 0 Å². The fourth-order valence-corrected chi connectivity index (χ4v) is 1.61. The highest BCUT2D eigenvalue weighted by molar-refractivity contribution is 4.78. The Hall–Kier alpha value is -0.150. The average molecular weight is 192 g/mol. The Kier molecular flexibility index (Phi) is 4.86. The lowest BCUT2D eigenvalue weighted by Gasteiger charge is -2.36. The molecule has 1 unspecified atom stereocenters. The van der Waals surface area contributed by atoms with Crippen LogP contribution in [0.1, 0.15) is 20.3 Å². The zero-order chi connectivity index (χ0) is 10.5. The van der Waals surface area contributed by atoms with E-state index in [-0.39, 0.29) is 0 Å². The van der Waals surface area contributed by atoms with E-state index in [0.29, 0.717) is 13.2 Å². The number of likely N-dealkylation sites (N-methyl/N-ethyl adjacent to an activating group) is 1. The molecule has 0 amide bonds. The third kappa shape index (κ3) is 4.58. The molecule has 0 bridgehead atoms. The number of hydrogen-bond donors (Lipinski definition) is 0. The SMILES string of the molecule is CCOC(CC)(CF)C[N+](C)(C)C. The lowest BCUT2D eigenvalue weighted by Crippen LogP contribution is -2.52. The van der Waals surface area contributed by atoms with Crippen molar-refractivity contribution in [2.45, 2.75) is 25.9 Å². The molecule has 2 nitrogen and oxygen atoms in total. The number of rotatable bonds is 6. The topological polar surface area (TPSA) is 9.23 Å². The Morgan fingerprint density at radius 3 is 2.00 bits per heavy atom. The number of quaternary nitrogens is 1. The van der Waals surface area contributed by atoms with E-state index in [9.17, 15) is 4.39 Å². The second kappa shape index (κ2) is 4.91. The van der Waals surface area contributed by atoms with Gasteiger partial charge in [0.1, 0.15) is 18.8 Å². The van der Waals surface area contributed by atoms with Crippen molar-refractivity contribution in [2.75, 3.05) is 41.0 Å². The molecule has 0 aromatic heterocycles. The van der Waals surface area contributed by atoms with Gasteiger partial charge in [0.05, 0.1) is 21.1 Å². The predicted octanol–water partition coefficient (Wildman–Crippen LogP) is 1.85. The molecule has 0 aliphatic rings. The molecule has 0 spiro atoms. The molecule has 0 radical (unpaired) electrons. The van der Waals surface area contributed by atoms with Gasteiger partial charge in [-0.2, -0.15) is 0 Å². The minimum atomic E-state index is -0.576. The van der Waals surface area contributed by atoms with E-state index in [2.05, 4.69) is 21.1 Å². The van der Waals surface area contributed by atoms with Crippen molar-refractivity contribution < 1.29 is 13.6 Å². The first kappa shape index (κ1) is 12.8. The fraction of sp³-hybridized carbons (Fsp3) is 1.00. The van der Waals surface area contributed by atoms with E-state index >= 15 is 0 Å². The molecule has 0 aromatic carbocycles. The van der Waals surface area contributed by atoms with Gasteiger partial charge in [0, 0.05) is 6.61 Å². The van der Waals surface area contributed by atoms with Crippen LogP contribution in [-0.4, -0.2) is 51.1 Å². The summed E-state index contributed by atoms with van der Waals surface area (Å²) in [5.41, 5.74) is -0.576. The highest BCUT2D eigenvalue weighted by Gasteiger charge is 2.35. The number of alkyl halides is 1. The molecular weight excluding hydrogens is 169 g/mol. The molecule has 80 valence electrons. The summed E-state index contributed by atoms with van der Waals surface area (Å²) in [6, 6.07) is 0. The summed E-state index contributed by atoms with van der Waals surface area (Å²) in [5.74, 6) is 0. The maximum atomic E-state index is 12.9. The molecule has 0 N–H and O–H groups in total. The van der Waals surface area contributed by atoms with Crippen molar-refractivity contribution in [2.24, 2.45) is 0 Å². The zero-order valence-corrected chi connectivity index (χ0v) is 9.56. The second-order valence-electron chi connectivity index (χ2n) is 4.55. The van der Waals surface area contributed by atoms with Crippen LogP contribution in [0.25, 0.3) is 0 Å². The molecule has 3 heteroatoms. The molecule has 0 aliphatic heterocycles. The summed E-state index contributed by atoms with van der Waals surface area (Å²) in [5, 5.41) is 0. The zero-order valence-electron chi connectivity index (χ0n) is 9.56. The minimum absolute atomic E-state index is 0.396. The fourth-order valence-electron chi connectivity index (χ4n) is 1.61. The molecule has 1 atom stereocenters. The van der Waals surface area contributed by atoms with Gasteiger partial charge in [-0.05, 0) is 13.3 Å². The molecule has 0 fully saturated rings. The maximum Gasteiger partial charge on any atom is 0.145 e. The van der Waals surface area contributed by atoms with Crippen LogP contribution in [0.4, 0.5) is 4.39 Å². The van der Waals surface area contributed by atoms with Crippen LogP contribution in [-0.2, 0) is 4.74 Å². The lowest BCUT2D eigenvalue weighted by atomic mass is 10.0. The Bertz CT molecular complexity index is 138. The third-order valence-corrected chi connectivity index (χ3v) is 2.10. The highest BCUT2D eigenvalue weighted by Crippen LogP contribution is 2.19. The van der Waals surface area contributed by atoms with Crippen LogP contribution in [0, 0.1) is 0 Å². The second-order valence-corrected chi connectivity index (χ2v) is 4.55. The van der Waals surface area contributed by atoms with E-state index in [1.807, 2.05) is 13.8 Å². The Morgan fingerprint density at radius 1 is 1.23 bits per heavy atom. The lowest BCUT2D eigenvalue weighted by molar-refractivity contribution is -0.877. The van der Waals surface area contributed by atoms with E-state index in [0.717, 1.165) is 10.9 Å². The van der Waals surface area contributed by atoms with Crippen LogP contribution in [0.5, 0.6) is 0 Å². The first-order chi connectivity index (χ1) is 5.89. The largest absolute Gasteiger partial charge is 0.367 e. The Morgan fingerprint density at radius 2 is 1.77 bits per heavy atom. The summed E-state index contributed by atoms with van der Waals surface area (Å²) in [4.78, 5) is 0. The van der Waals surface area contributed by atoms with Crippen LogP contribution < -0.4 is 0 Å². The number of ether oxygens (including phenoxy) is 1. The smallest absolute Gasteiger partial charge is 0.145 e. The predicted molar refractivity (Wildman–Crippen MR) is 53.5 cm³/mol. The van der Waals surface area contributed by atoms with E-state index in [1.54, 1.807) is 0 Å². The molecule has 0 heterocycles. The number of hydrogen-bond acceptors (Lipinski definition) is 1. The maximum absolute atomic E-state index is 12.9. The Labute approximate surface area is 81.3 Å². The molecule has 0 saturated heterocycles. The summed E-state index contributed by atoms with van der Waals surface area (Å²) in [6.07, 6.45) is 0.729. The van der Waals surface area contributed by atoms with Crippen molar-refractivity contribution in [3.8, 4) is 0 Å². The van der Waals surface area contributed by atoms with Gasteiger partial charge in [-0.25, -0.2) is 4.39 Å². The molecule has 0 aromatic rings. The summed E-state index contributed by atoms with van der Waals surface area (Å²) >= 11 is 0.